The Hall–Kier alpha value is -2.11. The highest BCUT2D eigenvalue weighted by atomic mass is 19.4. The molecule has 0 radical (unpaired) electrons. The van der Waals surface area contributed by atoms with E-state index in [1.807, 2.05) is 0 Å². The van der Waals surface area contributed by atoms with Crippen molar-refractivity contribution in [1.29, 1.82) is 0 Å². The highest BCUT2D eigenvalue weighted by Crippen LogP contribution is 2.30. The average molecular weight is 268 g/mol. The van der Waals surface area contributed by atoms with Crippen LogP contribution in [0.15, 0.2) is 30.5 Å². The van der Waals surface area contributed by atoms with Crippen molar-refractivity contribution in [2.45, 2.75) is 13.1 Å². The summed E-state index contributed by atoms with van der Waals surface area (Å²) in [6.07, 6.45) is -2.96. The van der Waals surface area contributed by atoms with Crippen LogP contribution in [0.4, 0.5) is 13.2 Å². The zero-order valence-electron chi connectivity index (χ0n) is 10.3. The van der Waals surface area contributed by atoms with Crippen LogP contribution >= 0.6 is 0 Å². The predicted molar refractivity (Wildman–Crippen MR) is 62.8 cm³/mol. The van der Waals surface area contributed by atoms with Crippen molar-refractivity contribution in [2.75, 3.05) is 0 Å². The minimum atomic E-state index is -4.46. The molecule has 0 aliphatic heterocycles. The Labute approximate surface area is 107 Å². The summed E-state index contributed by atoms with van der Waals surface area (Å²) in [5.41, 5.74) is -0.0300. The fourth-order valence-corrected chi connectivity index (χ4v) is 1.81. The molecule has 100 valence electrons. The second kappa shape index (κ2) is 4.53. The number of aryl methyl sites for hydroxylation is 2. The molecule has 0 aliphatic rings. The smallest absolute Gasteiger partial charge is 0.288 e. The summed E-state index contributed by atoms with van der Waals surface area (Å²) >= 11 is 0. The largest absolute Gasteiger partial charge is 0.416 e. The second-order valence-electron chi connectivity index (χ2n) is 4.21. The molecule has 0 aliphatic carbocycles. The molecule has 0 spiro atoms. The number of benzene rings is 1. The van der Waals surface area contributed by atoms with Crippen molar-refractivity contribution in [3.8, 4) is 0 Å². The van der Waals surface area contributed by atoms with Crippen molar-refractivity contribution < 1.29 is 18.0 Å². The van der Waals surface area contributed by atoms with Gasteiger partial charge in [-0.15, -0.1) is 0 Å². The minimum absolute atomic E-state index is 0.00549. The molecule has 0 N–H and O–H groups in total. The third-order valence-electron chi connectivity index (χ3n) is 2.71. The van der Waals surface area contributed by atoms with Gasteiger partial charge in [-0.25, -0.2) is 0 Å². The summed E-state index contributed by atoms with van der Waals surface area (Å²) in [6.45, 7) is 1.64. The van der Waals surface area contributed by atoms with Gasteiger partial charge in [0.2, 0.25) is 0 Å². The first-order valence-corrected chi connectivity index (χ1v) is 5.51. The molecule has 1 aromatic carbocycles. The van der Waals surface area contributed by atoms with Gasteiger partial charge in [0, 0.05) is 18.8 Å². The van der Waals surface area contributed by atoms with E-state index in [9.17, 15) is 18.0 Å². The number of nitrogens with zero attached hydrogens (tertiary/aromatic N) is 2. The first kappa shape index (κ1) is 13.3. The lowest BCUT2D eigenvalue weighted by molar-refractivity contribution is -0.137. The molecular formula is C13H11F3N2O. The van der Waals surface area contributed by atoms with Gasteiger partial charge in [-0.3, -0.25) is 9.48 Å². The van der Waals surface area contributed by atoms with Gasteiger partial charge in [0.05, 0.1) is 16.8 Å². The van der Waals surface area contributed by atoms with Crippen molar-refractivity contribution in [2.24, 2.45) is 7.05 Å². The fraction of sp³-hybridized carbons (Fsp3) is 0.231. The lowest BCUT2D eigenvalue weighted by Crippen LogP contribution is -2.08. The first-order chi connectivity index (χ1) is 8.79. The van der Waals surface area contributed by atoms with Crippen molar-refractivity contribution in [3.63, 3.8) is 0 Å². The third kappa shape index (κ3) is 2.67. The number of rotatable bonds is 2. The molecule has 19 heavy (non-hydrogen) atoms. The molecule has 2 aromatic rings. The van der Waals surface area contributed by atoms with Gasteiger partial charge < -0.3 is 0 Å². The summed E-state index contributed by atoms with van der Waals surface area (Å²) in [5.74, 6) is -0.461. The van der Waals surface area contributed by atoms with Gasteiger partial charge in [-0.2, -0.15) is 18.3 Å². The van der Waals surface area contributed by atoms with E-state index < -0.39 is 17.5 Å². The summed E-state index contributed by atoms with van der Waals surface area (Å²) in [7, 11) is 1.65. The Morgan fingerprint density at radius 3 is 2.53 bits per heavy atom. The number of hydrogen-bond donors (Lipinski definition) is 0. The predicted octanol–water partition coefficient (Wildman–Crippen LogP) is 2.98. The van der Waals surface area contributed by atoms with E-state index >= 15 is 0 Å². The van der Waals surface area contributed by atoms with E-state index in [1.54, 1.807) is 14.0 Å². The van der Waals surface area contributed by atoms with Gasteiger partial charge in [-0.05, 0) is 19.1 Å². The molecule has 2 rings (SSSR count). The van der Waals surface area contributed by atoms with Crippen LogP contribution in [-0.4, -0.2) is 15.6 Å². The Bertz CT molecular complexity index is 629. The van der Waals surface area contributed by atoms with Crippen LogP contribution < -0.4 is 0 Å². The molecule has 0 atom stereocenters. The molecule has 1 heterocycles. The first-order valence-electron chi connectivity index (χ1n) is 5.51. The van der Waals surface area contributed by atoms with Crippen LogP contribution in [0.1, 0.15) is 27.2 Å². The van der Waals surface area contributed by atoms with Gasteiger partial charge in [0.15, 0.2) is 5.78 Å². The van der Waals surface area contributed by atoms with Crippen LogP contribution in [0, 0.1) is 6.92 Å². The van der Waals surface area contributed by atoms with Crippen molar-refractivity contribution in [3.05, 3.63) is 52.8 Å². The van der Waals surface area contributed by atoms with Crippen LogP contribution in [0.5, 0.6) is 0 Å². The maximum absolute atomic E-state index is 12.6. The second-order valence-corrected chi connectivity index (χ2v) is 4.21. The van der Waals surface area contributed by atoms with Crippen LogP contribution in [0.2, 0.25) is 0 Å². The van der Waals surface area contributed by atoms with Gasteiger partial charge in [-0.1, -0.05) is 12.1 Å². The average Bonchev–Trinajstić information content (AvgIpc) is 2.66. The molecule has 0 saturated carbocycles. The molecule has 0 amide bonds. The Morgan fingerprint density at radius 2 is 2.00 bits per heavy atom. The van der Waals surface area contributed by atoms with E-state index in [-0.39, 0.29) is 5.56 Å². The number of aromatic nitrogens is 2. The maximum atomic E-state index is 12.6. The molecule has 6 heteroatoms. The van der Waals surface area contributed by atoms with Crippen LogP contribution in [-0.2, 0) is 13.2 Å². The van der Waals surface area contributed by atoms with Crippen molar-refractivity contribution in [1.82, 2.24) is 9.78 Å². The Morgan fingerprint density at radius 1 is 1.32 bits per heavy atom. The molecule has 3 nitrogen and oxygen atoms in total. The van der Waals surface area contributed by atoms with Crippen LogP contribution in [0.25, 0.3) is 0 Å². The molecule has 0 bridgehead atoms. The van der Waals surface area contributed by atoms with E-state index in [4.69, 9.17) is 0 Å². The Kier molecular flexibility index (Phi) is 3.18. The zero-order chi connectivity index (χ0) is 14.2. The monoisotopic (exact) mass is 268 g/mol. The van der Waals surface area contributed by atoms with Gasteiger partial charge >= 0.3 is 6.18 Å². The topological polar surface area (TPSA) is 34.9 Å². The molecule has 0 fully saturated rings. The maximum Gasteiger partial charge on any atom is 0.416 e. The number of ketones is 1. The molecule has 0 saturated heterocycles. The van der Waals surface area contributed by atoms with Crippen LogP contribution in [0.3, 0.4) is 0 Å². The lowest BCUT2D eigenvalue weighted by Gasteiger charge is -2.07. The SMILES string of the molecule is Cc1nn(C)cc1C(=O)c1cccc(C(F)(F)F)c1. The zero-order valence-corrected chi connectivity index (χ0v) is 10.3. The van der Waals surface area contributed by atoms with Gasteiger partial charge in [0.1, 0.15) is 0 Å². The number of alkyl halides is 3. The molecule has 0 unspecified atom stereocenters. The van der Waals surface area contributed by atoms with Gasteiger partial charge in [0.25, 0.3) is 0 Å². The third-order valence-corrected chi connectivity index (χ3v) is 2.71. The normalized spacial score (nSPS) is 11.6. The van der Waals surface area contributed by atoms with Crippen molar-refractivity contribution >= 4 is 5.78 Å². The number of halogens is 3. The highest BCUT2D eigenvalue weighted by Gasteiger charge is 2.31. The molecule has 1 aromatic heterocycles. The molecular weight excluding hydrogens is 257 g/mol. The summed E-state index contributed by atoms with van der Waals surface area (Å²) in [4.78, 5) is 12.1. The standard InChI is InChI=1S/C13H11F3N2O/c1-8-11(7-18(2)17-8)12(19)9-4-3-5-10(6-9)13(14,15)16/h3-7H,1-2H3. The van der Waals surface area contributed by atoms with E-state index in [0.717, 1.165) is 12.1 Å². The van der Waals surface area contributed by atoms with E-state index in [1.165, 1.54) is 23.0 Å². The van der Waals surface area contributed by atoms with E-state index in [2.05, 4.69) is 5.10 Å². The summed E-state index contributed by atoms with van der Waals surface area (Å²) in [5, 5.41) is 4.00. The Balaban J connectivity index is 2.43. The lowest BCUT2D eigenvalue weighted by atomic mass is 10.0. The number of carbonyl (C=O) groups excluding carboxylic acids is 1. The number of carbonyl (C=O) groups is 1. The van der Waals surface area contributed by atoms with E-state index in [0.29, 0.717) is 11.3 Å². The summed E-state index contributed by atoms with van der Waals surface area (Å²) < 4.78 is 39.2. The summed E-state index contributed by atoms with van der Waals surface area (Å²) in [6, 6.07) is 4.38. The quantitative estimate of drug-likeness (QED) is 0.785. The fourth-order valence-electron chi connectivity index (χ4n) is 1.81. The highest BCUT2D eigenvalue weighted by molar-refractivity contribution is 6.09. The minimum Gasteiger partial charge on any atom is -0.288 e. The number of hydrogen-bond acceptors (Lipinski definition) is 2.